The number of sulfone groups is 1. The lowest BCUT2D eigenvalue weighted by Gasteiger charge is -2.15. The van der Waals surface area contributed by atoms with Crippen molar-refractivity contribution < 1.29 is 22.6 Å². The number of aromatic nitrogens is 2. The van der Waals surface area contributed by atoms with Gasteiger partial charge in [0.05, 0.1) is 41.7 Å². The molecule has 0 bridgehead atoms. The van der Waals surface area contributed by atoms with Crippen LogP contribution in [0, 0.1) is 0 Å². The zero-order valence-electron chi connectivity index (χ0n) is 20.5. The van der Waals surface area contributed by atoms with E-state index in [0.29, 0.717) is 45.8 Å². The van der Waals surface area contributed by atoms with Crippen molar-refractivity contribution in [1.82, 2.24) is 14.7 Å². The summed E-state index contributed by atoms with van der Waals surface area (Å²) < 4.78 is 45.6. The number of methoxy groups -OCH3 is 2. The fourth-order valence-electron chi connectivity index (χ4n) is 3.83. The number of rotatable bonds is 11. The first kappa shape index (κ1) is 26.3. The van der Waals surface area contributed by atoms with Crippen molar-refractivity contribution in [2.45, 2.75) is 16.5 Å². The first-order chi connectivity index (χ1) is 17.2. The van der Waals surface area contributed by atoms with Gasteiger partial charge >= 0.3 is 0 Å². The van der Waals surface area contributed by atoms with Crippen LogP contribution < -0.4 is 14.2 Å². The Balaban J connectivity index is 1.70. The Morgan fingerprint density at radius 1 is 1.03 bits per heavy atom. The first-order valence-corrected chi connectivity index (χ1v) is 14.0. The van der Waals surface area contributed by atoms with E-state index in [1.54, 1.807) is 31.0 Å². The first-order valence-electron chi connectivity index (χ1n) is 11.2. The zero-order chi connectivity index (χ0) is 25.9. The molecule has 0 aliphatic carbocycles. The third kappa shape index (κ3) is 5.78. The quantitative estimate of drug-likeness (QED) is 0.267. The van der Waals surface area contributed by atoms with Crippen LogP contribution in [0.4, 0.5) is 0 Å². The van der Waals surface area contributed by atoms with Gasteiger partial charge in [-0.25, -0.2) is 8.42 Å². The van der Waals surface area contributed by atoms with E-state index < -0.39 is 9.84 Å². The molecule has 0 atom stereocenters. The molecule has 4 aromatic rings. The predicted octanol–water partition coefficient (Wildman–Crippen LogP) is 4.73. The van der Waals surface area contributed by atoms with Crippen LogP contribution in [-0.4, -0.2) is 64.6 Å². The second-order valence-corrected chi connectivity index (χ2v) is 12.3. The molecule has 2 heterocycles. The van der Waals surface area contributed by atoms with Gasteiger partial charge in [-0.3, -0.25) is 4.68 Å². The summed E-state index contributed by atoms with van der Waals surface area (Å²) in [6.45, 7) is 1.69. The Morgan fingerprint density at radius 2 is 1.81 bits per heavy atom. The van der Waals surface area contributed by atoms with Crippen LogP contribution in [0.3, 0.4) is 0 Å². The average Bonchev–Trinajstić information content (AvgIpc) is 3.43. The topological polar surface area (TPSA) is 82.9 Å². The number of likely N-dealkylation sites (N-methyl/N-ethyl adjacent to an activating group) is 1. The van der Waals surface area contributed by atoms with Crippen LogP contribution in [-0.2, 0) is 22.1 Å². The lowest BCUT2D eigenvalue weighted by Crippen LogP contribution is -2.19. The van der Waals surface area contributed by atoms with Crippen LogP contribution in [0.15, 0.2) is 52.7 Å². The number of hydrogen-bond acceptors (Lipinski definition) is 8. The maximum atomic E-state index is 13.1. The molecule has 2 aromatic heterocycles. The average molecular weight is 550 g/mol. The molecular weight excluding hydrogens is 522 g/mol. The van der Waals surface area contributed by atoms with Gasteiger partial charge in [0, 0.05) is 6.54 Å². The fraction of sp³-hybridized carbons (Fsp3) is 0.320. The molecule has 0 aliphatic heterocycles. The van der Waals surface area contributed by atoms with E-state index in [9.17, 15) is 8.42 Å². The van der Waals surface area contributed by atoms with Crippen molar-refractivity contribution in [3.8, 4) is 17.2 Å². The highest BCUT2D eigenvalue weighted by Crippen LogP contribution is 2.34. The van der Waals surface area contributed by atoms with Gasteiger partial charge in [-0.1, -0.05) is 23.7 Å². The monoisotopic (exact) mass is 549 g/mol. The number of thiophene rings is 1. The van der Waals surface area contributed by atoms with Crippen molar-refractivity contribution in [2.24, 2.45) is 0 Å². The van der Waals surface area contributed by atoms with E-state index in [0.717, 1.165) is 29.0 Å². The van der Waals surface area contributed by atoms with E-state index in [1.807, 2.05) is 49.3 Å². The van der Waals surface area contributed by atoms with Crippen LogP contribution >= 0.6 is 22.9 Å². The van der Waals surface area contributed by atoms with E-state index in [-0.39, 0.29) is 9.96 Å². The molecule has 0 amide bonds. The molecule has 0 unspecified atom stereocenters. The van der Waals surface area contributed by atoms with Gasteiger partial charge in [-0.05, 0) is 56.1 Å². The Labute approximate surface area is 219 Å². The molecule has 4 rings (SSSR count). The number of nitrogens with zero attached hydrogens (tertiary/aromatic N) is 3. The number of hydrogen-bond donors (Lipinski definition) is 0. The lowest BCUT2D eigenvalue weighted by molar-refractivity contribution is 0.250. The highest BCUT2D eigenvalue weighted by atomic mass is 35.5. The number of halogens is 1. The molecule has 0 saturated heterocycles. The largest absolute Gasteiger partial charge is 0.496 e. The Hall–Kier alpha value is -2.79. The summed E-state index contributed by atoms with van der Waals surface area (Å²) in [5.74, 6) is 1.58. The molecule has 0 spiro atoms. The second kappa shape index (κ2) is 11.1. The Kier molecular flexibility index (Phi) is 8.09. The van der Waals surface area contributed by atoms with Gasteiger partial charge in [0.1, 0.15) is 22.3 Å². The van der Waals surface area contributed by atoms with Crippen molar-refractivity contribution >= 4 is 43.7 Å². The highest BCUT2D eigenvalue weighted by molar-refractivity contribution is 7.92. The van der Waals surface area contributed by atoms with Crippen LogP contribution in [0.5, 0.6) is 17.2 Å². The van der Waals surface area contributed by atoms with Crippen LogP contribution in [0.1, 0.15) is 11.3 Å². The Morgan fingerprint density at radius 3 is 2.47 bits per heavy atom. The van der Waals surface area contributed by atoms with Gasteiger partial charge < -0.3 is 19.1 Å². The normalized spacial score (nSPS) is 11.8. The molecule has 0 aliphatic rings. The predicted molar refractivity (Wildman–Crippen MR) is 143 cm³/mol. The number of fused-ring (bicyclic) bond motifs is 1. The van der Waals surface area contributed by atoms with Gasteiger partial charge in [-0.15, -0.1) is 11.3 Å². The lowest BCUT2D eigenvalue weighted by atomic mass is 10.1. The summed E-state index contributed by atoms with van der Waals surface area (Å²) in [5, 5.41) is 5.39. The summed E-state index contributed by atoms with van der Waals surface area (Å²) >= 11 is 7.02. The smallest absolute Gasteiger partial charge is 0.193 e. The van der Waals surface area contributed by atoms with E-state index >= 15 is 0 Å². The molecule has 11 heteroatoms. The summed E-state index contributed by atoms with van der Waals surface area (Å²) in [6.07, 6.45) is 0. The highest BCUT2D eigenvalue weighted by Gasteiger charge is 2.24. The number of benzene rings is 2. The van der Waals surface area contributed by atoms with Gasteiger partial charge in [-0.2, -0.15) is 5.10 Å². The summed E-state index contributed by atoms with van der Waals surface area (Å²) in [6, 6.07) is 14.4. The molecule has 8 nitrogen and oxygen atoms in total. The standard InChI is InChI=1S/C25H28ClN3O5S2/c1-28(2)12-13-34-22-14-17(8-9-20(22)32-3)15-29-19-6-5-7-21(33-4)25(19)18(27-29)16-36(30,31)24-11-10-23(26)35-24/h5-11,14H,12-13,15-16H2,1-4H3. The molecular formula is C25H28ClN3O5S2. The minimum Gasteiger partial charge on any atom is -0.496 e. The van der Waals surface area contributed by atoms with Gasteiger partial charge in [0.15, 0.2) is 21.3 Å². The zero-order valence-corrected chi connectivity index (χ0v) is 22.9. The third-order valence-electron chi connectivity index (χ3n) is 5.57. The van der Waals surface area contributed by atoms with Crippen molar-refractivity contribution in [1.29, 1.82) is 0 Å². The minimum atomic E-state index is -3.64. The summed E-state index contributed by atoms with van der Waals surface area (Å²) in [7, 11) is 3.50. The SMILES string of the molecule is COc1ccc(Cn2nc(CS(=O)(=O)c3ccc(Cl)s3)c3c(OC)cccc32)cc1OCCN(C)C. The summed E-state index contributed by atoms with van der Waals surface area (Å²) in [4.78, 5) is 2.04. The van der Waals surface area contributed by atoms with E-state index in [4.69, 9.17) is 30.9 Å². The van der Waals surface area contributed by atoms with Crippen molar-refractivity contribution in [2.75, 3.05) is 41.5 Å². The maximum absolute atomic E-state index is 13.1. The van der Waals surface area contributed by atoms with Crippen LogP contribution in [0.2, 0.25) is 4.34 Å². The maximum Gasteiger partial charge on any atom is 0.193 e. The van der Waals surface area contributed by atoms with E-state index in [2.05, 4.69) is 0 Å². The second-order valence-electron chi connectivity index (χ2n) is 8.41. The van der Waals surface area contributed by atoms with E-state index in [1.165, 1.54) is 6.07 Å². The molecule has 0 fully saturated rings. The molecule has 2 aromatic carbocycles. The Bertz CT molecular complexity index is 1460. The molecule has 0 radical (unpaired) electrons. The van der Waals surface area contributed by atoms with Crippen LogP contribution in [0.25, 0.3) is 10.9 Å². The fourth-order valence-corrected chi connectivity index (χ4v) is 6.67. The van der Waals surface area contributed by atoms with Gasteiger partial charge in [0.25, 0.3) is 0 Å². The molecule has 36 heavy (non-hydrogen) atoms. The minimum absolute atomic E-state index is 0.208. The van der Waals surface area contributed by atoms with Gasteiger partial charge in [0.2, 0.25) is 0 Å². The summed E-state index contributed by atoms with van der Waals surface area (Å²) in [5.41, 5.74) is 2.12. The third-order valence-corrected chi connectivity index (χ3v) is 9.01. The molecule has 0 N–H and O–H groups in total. The molecule has 192 valence electrons. The van der Waals surface area contributed by atoms with Crippen molar-refractivity contribution in [3.05, 3.63) is 64.1 Å². The molecule has 0 saturated carbocycles. The number of ether oxygens (including phenoxy) is 3. The van der Waals surface area contributed by atoms with Crippen molar-refractivity contribution in [3.63, 3.8) is 0 Å².